The van der Waals surface area contributed by atoms with Crippen LogP contribution in [0, 0.1) is 12.1 Å². The molecule has 2 atom stereocenters. The molecule has 0 aliphatic carbocycles. The van der Waals surface area contributed by atoms with Crippen LogP contribution in [0.1, 0.15) is 37.1 Å². The predicted octanol–water partition coefficient (Wildman–Crippen LogP) is 5.32. The number of aryl methyl sites for hydroxylation is 1. The van der Waals surface area contributed by atoms with Gasteiger partial charge in [0.15, 0.2) is 11.7 Å². The minimum Gasteiger partial charge on any atom is -0.569 e. The minimum absolute atomic E-state index is 0.0575. The summed E-state index contributed by atoms with van der Waals surface area (Å²) < 4.78 is 75.4. The molecule has 1 aromatic heterocycles. The van der Waals surface area contributed by atoms with Crippen molar-refractivity contribution in [1.82, 2.24) is 19.5 Å². The maximum absolute atomic E-state index is 13.6. The zero-order chi connectivity index (χ0) is 35.9. The molecular formula is C32H33F3N6O7S. The number of hydrazine groups is 1. The number of sulfonamides is 1. The van der Waals surface area contributed by atoms with Crippen molar-refractivity contribution in [3.8, 4) is 16.9 Å². The van der Waals surface area contributed by atoms with Gasteiger partial charge in [0.25, 0.3) is 22.2 Å². The Balaban J connectivity index is 1.59. The Morgan fingerprint density at radius 1 is 1.06 bits per heavy atom. The molecule has 0 saturated carbocycles. The Bertz CT molecular complexity index is 1900. The molecule has 13 nitrogen and oxygen atoms in total. The van der Waals surface area contributed by atoms with E-state index in [2.05, 4.69) is 10.4 Å². The van der Waals surface area contributed by atoms with Crippen LogP contribution in [0.5, 0.6) is 0 Å². The molecule has 0 aliphatic rings. The van der Waals surface area contributed by atoms with Crippen molar-refractivity contribution >= 4 is 21.9 Å². The molecule has 0 fully saturated rings. The van der Waals surface area contributed by atoms with Crippen molar-refractivity contribution < 1.29 is 45.7 Å². The van der Waals surface area contributed by atoms with Crippen molar-refractivity contribution in [3.63, 3.8) is 0 Å². The monoisotopic (exact) mass is 702 g/mol. The fourth-order valence-electron chi connectivity index (χ4n) is 4.48. The van der Waals surface area contributed by atoms with E-state index in [0.717, 1.165) is 33.5 Å². The maximum atomic E-state index is 13.6. The Kier molecular flexibility index (Phi) is 11.3. The number of nitrogens with one attached hydrogen (secondary N) is 1. The Labute approximate surface area is 280 Å². The lowest BCUT2D eigenvalue weighted by molar-refractivity contribution is -0.712. The first-order valence-electron chi connectivity index (χ1n) is 14.8. The molecule has 0 aliphatic heterocycles. The fourth-order valence-corrected chi connectivity index (χ4v) is 5.49. The number of esters is 1. The Hall–Kier alpha value is -5.45. The van der Waals surface area contributed by atoms with Crippen LogP contribution >= 0.6 is 0 Å². The first-order chi connectivity index (χ1) is 23.1. The number of nitrogens with zero attached hydrogens (tertiary/aromatic N) is 5. The average molecular weight is 703 g/mol. The van der Waals surface area contributed by atoms with E-state index in [1.54, 1.807) is 61.5 Å². The van der Waals surface area contributed by atoms with Gasteiger partial charge in [-0.05, 0) is 42.8 Å². The number of benzene rings is 3. The maximum Gasteiger partial charge on any atom is 0.435 e. The summed E-state index contributed by atoms with van der Waals surface area (Å²) in [7, 11) is -3.38. The molecule has 1 heterocycles. The highest BCUT2D eigenvalue weighted by Crippen LogP contribution is 2.33. The number of alkyl halides is 3. The van der Waals surface area contributed by atoms with Crippen molar-refractivity contribution in [2.45, 2.75) is 57.0 Å². The van der Waals surface area contributed by atoms with Gasteiger partial charge in [0.1, 0.15) is 0 Å². The van der Waals surface area contributed by atoms with E-state index in [9.17, 15) is 36.4 Å². The SMILES string of the molecule is CCC(=O)OC(C)O/N=[N+](\[O-])N(C)[C@@H](Cc1ccccc1)C(=O)NS(=O)(=O)c1ccc(-n2nc(C(F)(F)F)cc2-c2ccc(C)cc2)cc1. The molecule has 1 unspecified atom stereocenters. The summed E-state index contributed by atoms with van der Waals surface area (Å²) in [6.07, 6.45) is -6.03. The topological polar surface area (TPSA) is 158 Å². The van der Waals surface area contributed by atoms with Crippen LogP contribution in [-0.2, 0) is 41.8 Å². The normalized spacial score (nSPS) is 13.3. The largest absolute Gasteiger partial charge is 0.569 e. The number of amides is 1. The second kappa shape index (κ2) is 15.2. The molecule has 17 heteroatoms. The third-order valence-corrected chi connectivity index (χ3v) is 8.48. The molecule has 1 N–H and O–H groups in total. The van der Waals surface area contributed by atoms with Gasteiger partial charge in [0, 0.05) is 25.3 Å². The second-order valence-corrected chi connectivity index (χ2v) is 12.5. The van der Waals surface area contributed by atoms with E-state index in [0.29, 0.717) is 11.1 Å². The third-order valence-electron chi connectivity index (χ3n) is 7.12. The van der Waals surface area contributed by atoms with Gasteiger partial charge in [-0.1, -0.05) is 67.1 Å². The minimum atomic E-state index is -4.74. The number of likely N-dealkylation sites (N-methyl/N-ethyl adjacent to an activating group) is 1. The van der Waals surface area contributed by atoms with E-state index in [1.165, 1.54) is 26.1 Å². The number of carbonyl (C=O) groups is 2. The summed E-state index contributed by atoms with van der Waals surface area (Å²) in [6, 6.07) is 19.4. The first-order valence-corrected chi connectivity index (χ1v) is 16.3. The van der Waals surface area contributed by atoms with Crippen molar-refractivity contribution in [2.24, 2.45) is 5.28 Å². The molecule has 3 aromatic carbocycles. The van der Waals surface area contributed by atoms with Crippen LogP contribution in [0.3, 0.4) is 0 Å². The van der Waals surface area contributed by atoms with Gasteiger partial charge < -0.3 is 9.94 Å². The van der Waals surface area contributed by atoms with Gasteiger partial charge in [0.05, 0.1) is 28.3 Å². The van der Waals surface area contributed by atoms with Gasteiger partial charge in [0.2, 0.25) is 5.28 Å². The van der Waals surface area contributed by atoms with E-state index in [4.69, 9.17) is 9.57 Å². The molecule has 0 spiro atoms. The van der Waals surface area contributed by atoms with Crippen molar-refractivity contribution in [3.05, 3.63) is 107 Å². The zero-order valence-corrected chi connectivity index (χ0v) is 27.6. The molecule has 260 valence electrons. The van der Waals surface area contributed by atoms with Crippen LogP contribution in [0.2, 0.25) is 0 Å². The molecule has 49 heavy (non-hydrogen) atoms. The molecule has 4 rings (SSSR count). The molecule has 1 amide bonds. The van der Waals surface area contributed by atoms with Gasteiger partial charge in [-0.25, -0.2) is 17.8 Å². The number of aromatic nitrogens is 2. The summed E-state index contributed by atoms with van der Waals surface area (Å²) in [4.78, 5) is 29.3. The molecular weight excluding hydrogens is 669 g/mol. The van der Waals surface area contributed by atoms with Crippen LogP contribution < -0.4 is 4.72 Å². The van der Waals surface area contributed by atoms with E-state index < -0.39 is 46.1 Å². The van der Waals surface area contributed by atoms with E-state index in [-0.39, 0.29) is 34.1 Å². The lowest BCUT2D eigenvalue weighted by Gasteiger charge is -2.23. The number of hydrogen-bond acceptors (Lipinski definition) is 9. The highest BCUT2D eigenvalue weighted by Gasteiger charge is 2.36. The molecule has 0 radical (unpaired) electrons. The van der Waals surface area contributed by atoms with Crippen molar-refractivity contribution in [1.29, 1.82) is 0 Å². The highest BCUT2D eigenvalue weighted by atomic mass is 32.2. The standard InChI is InChI=1S/C32H33F3N6O7S/c1-5-30(42)47-22(3)48-38-41(44)39(4)28(19-23-9-7-6-8-10-23)31(43)37-49(45,46)26-17-15-25(16-18-26)40-27(20-29(36-40)32(33,34)35)24-13-11-21(2)12-14-24/h6-18,20,22,28H,5,19H2,1-4H3,(H,37,43)/b41-38-/t22?,28-/m0/s1. The second-order valence-electron chi connectivity index (χ2n) is 10.8. The van der Waals surface area contributed by atoms with Gasteiger partial charge in [-0.15, -0.1) is 5.01 Å². The summed E-state index contributed by atoms with van der Waals surface area (Å²) in [5.74, 6) is -1.70. The van der Waals surface area contributed by atoms with Crippen LogP contribution in [0.25, 0.3) is 16.9 Å². The smallest absolute Gasteiger partial charge is 0.435 e. The fraction of sp³-hybridized carbons (Fsp3) is 0.281. The number of ether oxygens (including phenoxy) is 1. The number of halogens is 3. The number of rotatable bonds is 13. The number of carbonyl (C=O) groups excluding carboxylic acids is 2. The number of hydrogen-bond donors (Lipinski definition) is 1. The van der Waals surface area contributed by atoms with Gasteiger partial charge in [-0.3, -0.25) is 14.4 Å². The van der Waals surface area contributed by atoms with Crippen LogP contribution in [-0.4, -0.2) is 59.4 Å². The lowest BCUT2D eigenvalue weighted by atomic mass is 10.1. The lowest BCUT2D eigenvalue weighted by Crippen LogP contribution is -2.50. The Morgan fingerprint density at radius 2 is 1.69 bits per heavy atom. The summed E-state index contributed by atoms with van der Waals surface area (Å²) >= 11 is 0. The quantitative estimate of drug-likeness (QED) is 0.0640. The third kappa shape index (κ3) is 9.34. The van der Waals surface area contributed by atoms with Crippen LogP contribution in [0.15, 0.2) is 95.1 Å². The molecule has 4 aromatic rings. The molecule has 0 bridgehead atoms. The Morgan fingerprint density at radius 3 is 2.29 bits per heavy atom. The average Bonchev–Trinajstić information content (AvgIpc) is 3.53. The summed E-state index contributed by atoms with van der Waals surface area (Å²) in [6.45, 7) is 4.71. The van der Waals surface area contributed by atoms with E-state index >= 15 is 0 Å². The van der Waals surface area contributed by atoms with Gasteiger partial charge >= 0.3 is 12.1 Å². The summed E-state index contributed by atoms with van der Waals surface area (Å²) in [5, 5.41) is 20.6. The summed E-state index contributed by atoms with van der Waals surface area (Å²) in [5.41, 5.74) is 1.04. The van der Waals surface area contributed by atoms with E-state index in [1.807, 2.05) is 11.6 Å². The zero-order valence-electron chi connectivity index (χ0n) is 26.8. The molecule has 0 saturated heterocycles. The van der Waals surface area contributed by atoms with Crippen molar-refractivity contribution in [2.75, 3.05) is 7.05 Å². The first kappa shape index (κ1) is 36.4. The van der Waals surface area contributed by atoms with Gasteiger partial charge in [-0.2, -0.15) is 18.3 Å². The predicted molar refractivity (Wildman–Crippen MR) is 169 cm³/mol. The highest BCUT2D eigenvalue weighted by molar-refractivity contribution is 7.90. The van der Waals surface area contributed by atoms with Crippen LogP contribution in [0.4, 0.5) is 13.2 Å².